The van der Waals surface area contributed by atoms with E-state index in [1.807, 2.05) is 25.1 Å². The lowest BCUT2D eigenvalue weighted by atomic mass is 10.1. The third-order valence-corrected chi connectivity index (χ3v) is 4.36. The minimum atomic E-state index is 0.0561. The number of thiazole rings is 1. The zero-order valence-corrected chi connectivity index (χ0v) is 14.2. The molecule has 22 heavy (non-hydrogen) atoms. The van der Waals surface area contributed by atoms with Crippen LogP contribution < -0.4 is 10.1 Å². The molecule has 4 nitrogen and oxygen atoms in total. The maximum Gasteiger partial charge on any atom is 0.226 e. The number of hydrogen-bond acceptors (Lipinski definition) is 4. The molecule has 0 unspecified atom stereocenters. The topological polar surface area (TPSA) is 51.2 Å². The molecule has 0 aliphatic heterocycles. The number of carbonyl (C=O) groups is 1. The molecule has 0 aliphatic carbocycles. The van der Waals surface area contributed by atoms with Crippen LogP contribution >= 0.6 is 11.3 Å². The second-order valence-corrected chi connectivity index (χ2v) is 6.32. The Morgan fingerprint density at radius 3 is 2.82 bits per heavy atom. The maximum absolute atomic E-state index is 11.9. The number of ether oxygens (including phenoxy) is 1. The van der Waals surface area contributed by atoms with Crippen LogP contribution in [0.5, 0.6) is 5.75 Å². The number of benzene rings is 1. The number of fused-ring (bicyclic) bond motifs is 1. The number of anilines is 1. The van der Waals surface area contributed by atoms with E-state index in [1.54, 1.807) is 0 Å². The largest absolute Gasteiger partial charge is 0.494 e. The average Bonchev–Trinajstić information content (AvgIpc) is 2.88. The Kier molecular flexibility index (Phi) is 6.65. The van der Waals surface area contributed by atoms with Gasteiger partial charge in [0.05, 0.1) is 16.8 Å². The highest BCUT2D eigenvalue weighted by Gasteiger charge is 2.08. The van der Waals surface area contributed by atoms with Crippen LogP contribution in [-0.4, -0.2) is 17.5 Å². The quantitative estimate of drug-likeness (QED) is 0.662. The van der Waals surface area contributed by atoms with Crippen LogP contribution in [0.4, 0.5) is 5.13 Å². The van der Waals surface area contributed by atoms with Crippen molar-refractivity contribution in [3.8, 4) is 5.75 Å². The van der Waals surface area contributed by atoms with Gasteiger partial charge in [0.25, 0.3) is 0 Å². The van der Waals surface area contributed by atoms with Gasteiger partial charge in [-0.1, -0.05) is 43.9 Å². The molecular formula is C17H24N2O2S. The van der Waals surface area contributed by atoms with E-state index >= 15 is 0 Å². The summed E-state index contributed by atoms with van der Waals surface area (Å²) >= 11 is 1.49. The van der Waals surface area contributed by atoms with E-state index in [-0.39, 0.29) is 5.91 Å². The van der Waals surface area contributed by atoms with Crippen molar-refractivity contribution in [2.24, 2.45) is 0 Å². The zero-order valence-electron chi connectivity index (χ0n) is 13.4. The van der Waals surface area contributed by atoms with Crippen molar-refractivity contribution in [2.45, 2.75) is 52.4 Å². The molecule has 1 aromatic heterocycles. The minimum absolute atomic E-state index is 0.0561. The van der Waals surface area contributed by atoms with E-state index in [1.165, 1.54) is 30.6 Å². The summed E-state index contributed by atoms with van der Waals surface area (Å²) in [6, 6.07) is 5.80. The fourth-order valence-corrected chi connectivity index (χ4v) is 3.20. The Balaban J connectivity index is 1.87. The van der Waals surface area contributed by atoms with Crippen molar-refractivity contribution in [1.82, 2.24) is 4.98 Å². The van der Waals surface area contributed by atoms with Gasteiger partial charge in [0.2, 0.25) is 5.91 Å². The van der Waals surface area contributed by atoms with Gasteiger partial charge >= 0.3 is 0 Å². The van der Waals surface area contributed by atoms with E-state index in [0.717, 1.165) is 28.8 Å². The molecule has 5 heteroatoms. The monoisotopic (exact) mass is 320 g/mol. The first-order valence-corrected chi connectivity index (χ1v) is 8.87. The lowest BCUT2D eigenvalue weighted by molar-refractivity contribution is -0.116. The molecule has 0 spiro atoms. The SMILES string of the molecule is CCCCCCCC(=O)Nc1nc2ccc(OCC)cc2s1. The highest BCUT2D eigenvalue weighted by Crippen LogP contribution is 2.29. The average molecular weight is 320 g/mol. The molecule has 1 heterocycles. The van der Waals surface area contributed by atoms with Gasteiger partial charge in [-0.3, -0.25) is 4.79 Å². The fourth-order valence-electron chi connectivity index (χ4n) is 2.29. The lowest BCUT2D eigenvalue weighted by Crippen LogP contribution is -2.10. The van der Waals surface area contributed by atoms with Crippen molar-refractivity contribution in [3.63, 3.8) is 0 Å². The summed E-state index contributed by atoms with van der Waals surface area (Å²) in [7, 11) is 0. The van der Waals surface area contributed by atoms with Crippen molar-refractivity contribution in [2.75, 3.05) is 11.9 Å². The van der Waals surface area contributed by atoms with E-state index in [0.29, 0.717) is 18.2 Å². The Morgan fingerprint density at radius 2 is 2.05 bits per heavy atom. The predicted octanol–water partition coefficient (Wildman–Crippen LogP) is 4.99. The van der Waals surface area contributed by atoms with Crippen LogP contribution in [0.3, 0.4) is 0 Å². The van der Waals surface area contributed by atoms with E-state index < -0.39 is 0 Å². The molecule has 0 fully saturated rings. The van der Waals surface area contributed by atoms with E-state index in [4.69, 9.17) is 4.74 Å². The smallest absolute Gasteiger partial charge is 0.226 e. The summed E-state index contributed by atoms with van der Waals surface area (Å²) in [6.07, 6.45) is 6.34. The third kappa shape index (κ3) is 4.98. The third-order valence-electron chi connectivity index (χ3n) is 3.42. The highest BCUT2D eigenvalue weighted by atomic mass is 32.1. The normalized spacial score (nSPS) is 10.8. The van der Waals surface area contributed by atoms with Gasteiger partial charge in [0.15, 0.2) is 5.13 Å². The summed E-state index contributed by atoms with van der Waals surface area (Å²) in [5, 5.41) is 3.57. The number of unbranched alkanes of at least 4 members (excludes halogenated alkanes) is 4. The predicted molar refractivity (Wildman–Crippen MR) is 92.8 cm³/mol. The summed E-state index contributed by atoms with van der Waals surface area (Å²) < 4.78 is 6.51. The van der Waals surface area contributed by atoms with Gasteiger partial charge in [-0.05, 0) is 31.5 Å². The van der Waals surface area contributed by atoms with Crippen LogP contribution in [-0.2, 0) is 4.79 Å². The Labute approximate surface area is 135 Å². The van der Waals surface area contributed by atoms with Gasteiger partial charge in [-0.15, -0.1) is 0 Å². The summed E-state index contributed by atoms with van der Waals surface area (Å²) in [4.78, 5) is 16.4. The number of carbonyl (C=O) groups excluding carboxylic acids is 1. The summed E-state index contributed by atoms with van der Waals surface area (Å²) in [5.74, 6) is 0.896. The fraction of sp³-hybridized carbons (Fsp3) is 0.529. The number of nitrogens with one attached hydrogen (secondary N) is 1. The number of nitrogens with zero attached hydrogens (tertiary/aromatic N) is 1. The molecule has 2 rings (SSSR count). The summed E-state index contributed by atoms with van der Waals surface area (Å²) in [6.45, 7) is 4.80. The second-order valence-electron chi connectivity index (χ2n) is 5.29. The van der Waals surface area contributed by atoms with Gasteiger partial charge in [-0.25, -0.2) is 4.98 Å². The molecule has 0 saturated heterocycles. The molecule has 2 aromatic rings. The van der Waals surface area contributed by atoms with Crippen LogP contribution in [0.1, 0.15) is 52.4 Å². The van der Waals surface area contributed by atoms with Crippen molar-refractivity contribution < 1.29 is 9.53 Å². The number of hydrogen-bond donors (Lipinski definition) is 1. The second kappa shape index (κ2) is 8.73. The Bertz CT molecular complexity index is 610. The van der Waals surface area contributed by atoms with Gasteiger partial charge in [0.1, 0.15) is 5.75 Å². The molecule has 0 saturated carbocycles. The molecular weight excluding hydrogens is 296 g/mol. The van der Waals surface area contributed by atoms with Crippen LogP contribution in [0.15, 0.2) is 18.2 Å². The van der Waals surface area contributed by atoms with Crippen LogP contribution in [0, 0.1) is 0 Å². The minimum Gasteiger partial charge on any atom is -0.494 e. The van der Waals surface area contributed by atoms with Crippen LogP contribution in [0.25, 0.3) is 10.2 Å². The van der Waals surface area contributed by atoms with Gasteiger partial charge < -0.3 is 10.1 Å². The molecule has 120 valence electrons. The standard InChI is InChI=1S/C17H24N2O2S/c1-3-5-6-7-8-9-16(20)19-17-18-14-11-10-13(21-4-2)12-15(14)22-17/h10-12H,3-9H2,1-2H3,(H,18,19,20). The zero-order chi connectivity index (χ0) is 15.8. The first-order valence-electron chi connectivity index (χ1n) is 8.06. The Hall–Kier alpha value is -1.62. The van der Waals surface area contributed by atoms with Crippen molar-refractivity contribution in [1.29, 1.82) is 0 Å². The molecule has 1 aromatic carbocycles. The first-order chi connectivity index (χ1) is 10.7. The molecule has 0 radical (unpaired) electrons. The molecule has 1 N–H and O–H groups in total. The number of rotatable bonds is 9. The number of amides is 1. The maximum atomic E-state index is 11.9. The van der Waals surface area contributed by atoms with Gasteiger partial charge in [0, 0.05) is 6.42 Å². The van der Waals surface area contributed by atoms with Crippen molar-refractivity contribution in [3.05, 3.63) is 18.2 Å². The van der Waals surface area contributed by atoms with Crippen molar-refractivity contribution >= 4 is 32.6 Å². The Morgan fingerprint density at radius 1 is 1.23 bits per heavy atom. The molecule has 0 aliphatic rings. The lowest BCUT2D eigenvalue weighted by Gasteiger charge is -2.01. The van der Waals surface area contributed by atoms with Crippen LogP contribution in [0.2, 0.25) is 0 Å². The number of aromatic nitrogens is 1. The molecule has 0 bridgehead atoms. The van der Waals surface area contributed by atoms with Gasteiger partial charge in [-0.2, -0.15) is 0 Å². The molecule has 1 amide bonds. The highest BCUT2D eigenvalue weighted by molar-refractivity contribution is 7.22. The summed E-state index contributed by atoms with van der Waals surface area (Å²) in [5.41, 5.74) is 0.895. The van der Waals surface area contributed by atoms with E-state index in [9.17, 15) is 4.79 Å². The first kappa shape index (κ1) is 16.7. The van der Waals surface area contributed by atoms with E-state index in [2.05, 4.69) is 17.2 Å². The molecule has 0 atom stereocenters.